The van der Waals surface area contributed by atoms with Crippen LogP contribution in [0.4, 0.5) is 0 Å². The fraction of sp³-hybridized carbons (Fsp3) is 0.308. The summed E-state index contributed by atoms with van der Waals surface area (Å²) < 4.78 is 2.13. The molecule has 2 N–H and O–H groups in total. The molecule has 0 spiro atoms. The van der Waals surface area contributed by atoms with Crippen LogP contribution in [0.15, 0.2) is 42.9 Å². The summed E-state index contributed by atoms with van der Waals surface area (Å²) in [6.07, 6.45) is 4.66. The van der Waals surface area contributed by atoms with Gasteiger partial charge in [0.1, 0.15) is 0 Å². The third kappa shape index (κ3) is 2.49. The van der Waals surface area contributed by atoms with E-state index in [0.717, 1.165) is 13.0 Å². The van der Waals surface area contributed by atoms with Crippen LogP contribution in [0, 0.1) is 6.92 Å². The number of hydrogen-bond donors (Lipinski definition) is 1. The van der Waals surface area contributed by atoms with E-state index < -0.39 is 0 Å². The van der Waals surface area contributed by atoms with Crippen LogP contribution in [0.2, 0.25) is 0 Å². The molecule has 0 bridgehead atoms. The van der Waals surface area contributed by atoms with Crippen molar-refractivity contribution in [2.45, 2.75) is 25.9 Å². The molecule has 1 heterocycles. The van der Waals surface area contributed by atoms with Crippen LogP contribution in [0.3, 0.4) is 0 Å². The number of nitrogens with two attached hydrogens (primary N) is 1. The van der Waals surface area contributed by atoms with Gasteiger partial charge in [0, 0.05) is 24.5 Å². The van der Waals surface area contributed by atoms with Crippen molar-refractivity contribution in [3.05, 3.63) is 54.1 Å². The molecule has 0 saturated heterocycles. The molecule has 0 amide bonds. The van der Waals surface area contributed by atoms with E-state index >= 15 is 0 Å². The van der Waals surface area contributed by atoms with Gasteiger partial charge in [0.25, 0.3) is 0 Å². The molecule has 3 nitrogen and oxygen atoms in total. The van der Waals surface area contributed by atoms with Gasteiger partial charge in [0.2, 0.25) is 0 Å². The standard InChI is InChI=1S/C13H17N3/c1-11-9-15-10-16(11)8-7-13(14)12-5-3-2-4-6-12/h2-6,9-10,13H,7-8,14H2,1H3. The van der Waals surface area contributed by atoms with Gasteiger partial charge in [0.15, 0.2) is 0 Å². The highest BCUT2D eigenvalue weighted by Crippen LogP contribution is 2.14. The smallest absolute Gasteiger partial charge is 0.0948 e. The van der Waals surface area contributed by atoms with E-state index in [4.69, 9.17) is 5.73 Å². The van der Waals surface area contributed by atoms with Gasteiger partial charge in [-0.3, -0.25) is 0 Å². The lowest BCUT2D eigenvalue weighted by atomic mass is 10.1. The average Bonchev–Trinajstić information content (AvgIpc) is 2.73. The first-order chi connectivity index (χ1) is 7.77. The van der Waals surface area contributed by atoms with Crippen molar-refractivity contribution >= 4 is 0 Å². The monoisotopic (exact) mass is 215 g/mol. The maximum atomic E-state index is 6.13. The zero-order valence-corrected chi connectivity index (χ0v) is 9.50. The van der Waals surface area contributed by atoms with Gasteiger partial charge in [-0.1, -0.05) is 30.3 Å². The van der Waals surface area contributed by atoms with E-state index in [2.05, 4.69) is 28.6 Å². The van der Waals surface area contributed by atoms with Crippen molar-refractivity contribution in [2.24, 2.45) is 5.73 Å². The lowest BCUT2D eigenvalue weighted by molar-refractivity contribution is 0.553. The van der Waals surface area contributed by atoms with Crippen LogP contribution in [0.25, 0.3) is 0 Å². The first-order valence-electron chi connectivity index (χ1n) is 5.54. The fourth-order valence-corrected chi connectivity index (χ4v) is 1.77. The number of rotatable bonds is 4. The van der Waals surface area contributed by atoms with Gasteiger partial charge >= 0.3 is 0 Å². The second-order valence-electron chi connectivity index (χ2n) is 4.03. The number of nitrogens with zero attached hydrogens (tertiary/aromatic N) is 2. The molecular formula is C13H17N3. The highest BCUT2D eigenvalue weighted by Gasteiger charge is 2.05. The molecule has 1 atom stereocenters. The second kappa shape index (κ2) is 4.94. The van der Waals surface area contributed by atoms with E-state index in [-0.39, 0.29) is 6.04 Å². The van der Waals surface area contributed by atoms with Gasteiger partial charge in [-0.25, -0.2) is 4.98 Å². The molecule has 0 aliphatic carbocycles. The lowest BCUT2D eigenvalue weighted by Crippen LogP contribution is -2.13. The Kier molecular flexibility index (Phi) is 3.37. The SMILES string of the molecule is Cc1cncn1CCC(N)c1ccccc1. The third-order valence-corrected chi connectivity index (χ3v) is 2.83. The Morgan fingerprint density at radius 3 is 2.69 bits per heavy atom. The molecule has 2 rings (SSSR count). The second-order valence-corrected chi connectivity index (χ2v) is 4.03. The Labute approximate surface area is 95.9 Å². The molecule has 2 aromatic rings. The first-order valence-corrected chi connectivity index (χ1v) is 5.54. The van der Waals surface area contributed by atoms with Crippen LogP contribution < -0.4 is 5.73 Å². The summed E-state index contributed by atoms with van der Waals surface area (Å²) in [6, 6.07) is 10.3. The van der Waals surface area contributed by atoms with Crippen molar-refractivity contribution in [1.29, 1.82) is 0 Å². The Bertz CT molecular complexity index is 433. The molecule has 0 radical (unpaired) electrons. The van der Waals surface area contributed by atoms with Gasteiger partial charge < -0.3 is 10.3 Å². The molecule has 1 aromatic carbocycles. The summed E-state index contributed by atoms with van der Waals surface area (Å²) in [5.41, 5.74) is 8.50. The Balaban J connectivity index is 1.94. The van der Waals surface area contributed by atoms with Crippen LogP contribution in [0.1, 0.15) is 23.7 Å². The Hall–Kier alpha value is -1.61. The Morgan fingerprint density at radius 2 is 2.06 bits per heavy atom. The maximum absolute atomic E-state index is 6.13. The predicted octanol–water partition coefficient (Wildman–Crippen LogP) is 2.28. The number of aryl methyl sites for hydroxylation is 2. The minimum atomic E-state index is 0.1000. The van der Waals surface area contributed by atoms with Crippen LogP contribution in [0.5, 0.6) is 0 Å². The van der Waals surface area contributed by atoms with E-state index in [1.54, 1.807) is 0 Å². The van der Waals surface area contributed by atoms with E-state index in [9.17, 15) is 0 Å². The highest BCUT2D eigenvalue weighted by molar-refractivity contribution is 5.18. The third-order valence-electron chi connectivity index (χ3n) is 2.83. The van der Waals surface area contributed by atoms with Crippen LogP contribution in [-0.4, -0.2) is 9.55 Å². The summed E-state index contributed by atoms with van der Waals surface area (Å²) in [5.74, 6) is 0. The summed E-state index contributed by atoms with van der Waals surface area (Å²) >= 11 is 0. The van der Waals surface area contributed by atoms with E-state index in [0.29, 0.717) is 0 Å². The van der Waals surface area contributed by atoms with Crippen molar-refractivity contribution in [1.82, 2.24) is 9.55 Å². The molecule has 84 valence electrons. The summed E-state index contributed by atoms with van der Waals surface area (Å²) in [6.45, 7) is 2.98. The molecule has 3 heteroatoms. The molecule has 16 heavy (non-hydrogen) atoms. The largest absolute Gasteiger partial charge is 0.335 e. The van der Waals surface area contributed by atoms with Gasteiger partial charge in [-0.15, -0.1) is 0 Å². The summed E-state index contributed by atoms with van der Waals surface area (Å²) in [4.78, 5) is 4.09. The van der Waals surface area contributed by atoms with E-state index in [1.807, 2.05) is 30.7 Å². The molecule has 1 aromatic heterocycles. The number of hydrogen-bond acceptors (Lipinski definition) is 2. The number of aromatic nitrogens is 2. The van der Waals surface area contributed by atoms with Gasteiger partial charge in [-0.05, 0) is 18.9 Å². The average molecular weight is 215 g/mol. The van der Waals surface area contributed by atoms with Crippen molar-refractivity contribution in [2.75, 3.05) is 0 Å². The van der Waals surface area contributed by atoms with Crippen LogP contribution in [-0.2, 0) is 6.54 Å². The van der Waals surface area contributed by atoms with Gasteiger partial charge in [-0.2, -0.15) is 0 Å². The zero-order chi connectivity index (χ0) is 11.4. The maximum Gasteiger partial charge on any atom is 0.0948 e. The Morgan fingerprint density at radius 1 is 1.31 bits per heavy atom. The minimum absolute atomic E-state index is 0.1000. The van der Waals surface area contributed by atoms with Crippen molar-refractivity contribution < 1.29 is 0 Å². The van der Waals surface area contributed by atoms with Crippen molar-refractivity contribution in [3.63, 3.8) is 0 Å². The molecule has 0 aliphatic heterocycles. The van der Waals surface area contributed by atoms with Crippen molar-refractivity contribution in [3.8, 4) is 0 Å². The predicted molar refractivity (Wildman–Crippen MR) is 65.0 cm³/mol. The zero-order valence-electron chi connectivity index (χ0n) is 9.50. The highest BCUT2D eigenvalue weighted by atomic mass is 15.0. The fourth-order valence-electron chi connectivity index (χ4n) is 1.77. The van der Waals surface area contributed by atoms with Crippen LogP contribution >= 0.6 is 0 Å². The molecule has 0 aliphatic rings. The molecular weight excluding hydrogens is 198 g/mol. The number of imidazole rings is 1. The quantitative estimate of drug-likeness (QED) is 0.850. The molecule has 0 saturated carbocycles. The lowest BCUT2D eigenvalue weighted by Gasteiger charge is -2.12. The topological polar surface area (TPSA) is 43.8 Å². The first kappa shape index (κ1) is 10.9. The summed E-state index contributed by atoms with van der Waals surface area (Å²) in [7, 11) is 0. The molecule has 0 fully saturated rings. The summed E-state index contributed by atoms with van der Waals surface area (Å²) in [5, 5.41) is 0. The van der Waals surface area contributed by atoms with Gasteiger partial charge in [0.05, 0.1) is 6.33 Å². The minimum Gasteiger partial charge on any atom is -0.335 e. The van der Waals surface area contributed by atoms with E-state index in [1.165, 1.54) is 11.3 Å². The molecule has 1 unspecified atom stereocenters. The normalized spacial score (nSPS) is 12.6. The number of benzene rings is 1.